The molecule has 1 fully saturated rings. The Morgan fingerprint density at radius 1 is 0.542 bits per heavy atom. The summed E-state index contributed by atoms with van der Waals surface area (Å²) in [5.74, 6) is 2.25. The van der Waals surface area contributed by atoms with Gasteiger partial charge in [0.15, 0.2) is 5.17 Å². The number of pyridine rings is 3. The van der Waals surface area contributed by atoms with Crippen molar-refractivity contribution < 1.29 is 19.0 Å². The van der Waals surface area contributed by atoms with Gasteiger partial charge >= 0.3 is 0 Å². The Balaban J connectivity index is 1.00. The second kappa shape index (κ2) is 20.6. The average Bonchev–Trinajstić information content (AvgIpc) is 3.58. The summed E-state index contributed by atoms with van der Waals surface area (Å²) in [5, 5.41) is 0.258. The van der Waals surface area contributed by atoms with Crippen LogP contribution in [0.4, 0.5) is 11.4 Å². The van der Waals surface area contributed by atoms with Crippen LogP contribution in [0.2, 0.25) is 0 Å². The van der Waals surface area contributed by atoms with Gasteiger partial charge in [0.2, 0.25) is 5.91 Å². The molecule has 1 atom stereocenters. The van der Waals surface area contributed by atoms with Crippen LogP contribution >= 0.6 is 11.8 Å². The highest BCUT2D eigenvalue weighted by Crippen LogP contribution is 2.36. The van der Waals surface area contributed by atoms with Gasteiger partial charge in [-0.1, -0.05) is 62.9 Å². The first-order chi connectivity index (χ1) is 29.0. The summed E-state index contributed by atoms with van der Waals surface area (Å²) in [6.45, 7) is 7.93. The van der Waals surface area contributed by atoms with Gasteiger partial charge in [-0.3, -0.25) is 24.6 Å². The number of amidine groups is 1. The predicted octanol–water partition coefficient (Wildman–Crippen LogP) is 9.80. The van der Waals surface area contributed by atoms with Gasteiger partial charge in [0.1, 0.15) is 17.2 Å². The van der Waals surface area contributed by atoms with Gasteiger partial charge in [-0.05, 0) is 127 Å². The average molecular weight is 806 g/mol. The lowest BCUT2D eigenvalue weighted by molar-refractivity contribution is -0.116. The number of rotatable bonds is 19. The Labute approximate surface area is 351 Å². The second-order valence-corrected chi connectivity index (χ2v) is 15.5. The van der Waals surface area contributed by atoms with Crippen molar-refractivity contribution in [3.63, 3.8) is 0 Å². The maximum atomic E-state index is 14.2. The number of aryl methyl sites for hydroxylation is 3. The van der Waals surface area contributed by atoms with Crippen molar-refractivity contribution in [3.05, 3.63) is 167 Å². The Hall–Kier alpha value is -6.00. The number of carbonyl (C=O) groups excluding carboxylic acids is 1. The standard InChI is InChI=1S/C49H51N5O4S/c1-4-35-7-12-39(50-32-35)25-28-56-44-19-10-38(11-20-44)31-47-48(55)54(43-17-23-46(24-18-43)58-30-27-41-14-9-37(6-3)34-52-41)49(59-47)53-42-15-21-45(22-16-42)57-29-26-40-13-8-36(5-2)33-51-40/h7-24,32-34,47H,4-6,25-31H2,1-3H3. The highest BCUT2D eigenvalue weighted by molar-refractivity contribution is 8.16. The molecule has 1 amide bonds. The molecule has 3 aromatic carbocycles. The van der Waals surface area contributed by atoms with E-state index in [4.69, 9.17) is 19.2 Å². The van der Waals surface area contributed by atoms with Crippen molar-refractivity contribution >= 4 is 34.2 Å². The SMILES string of the molecule is CCc1ccc(CCOc2ccc(CC3SC(=Nc4ccc(OCCc5ccc(CC)cn5)cc4)N(c4ccc(OCCc5ccc(CC)cn5)cc4)C3=O)cc2)nc1. The number of anilines is 1. The molecule has 4 heterocycles. The minimum absolute atomic E-state index is 0.0218. The molecule has 1 saturated heterocycles. The number of hydrogen-bond donors (Lipinski definition) is 0. The molecule has 59 heavy (non-hydrogen) atoms. The van der Waals surface area contributed by atoms with Gasteiger partial charge in [0, 0.05) is 54.9 Å². The van der Waals surface area contributed by atoms with Crippen LogP contribution in [0.15, 0.2) is 133 Å². The van der Waals surface area contributed by atoms with Crippen molar-refractivity contribution in [2.75, 3.05) is 24.7 Å². The Morgan fingerprint density at radius 3 is 1.36 bits per heavy atom. The fourth-order valence-corrected chi connectivity index (χ4v) is 7.72. The van der Waals surface area contributed by atoms with E-state index in [0.29, 0.717) is 37.8 Å². The molecule has 0 bridgehead atoms. The highest BCUT2D eigenvalue weighted by atomic mass is 32.2. The maximum absolute atomic E-state index is 14.2. The zero-order chi connectivity index (χ0) is 40.8. The Morgan fingerprint density at radius 2 is 0.949 bits per heavy atom. The number of aliphatic imine (C=N–C) groups is 1. The van der Waals surface area contributed by atoms with Crippen LogP contribution in [0.25, 0.3) is 0 Å². The van der Waals surface area contributed by atoms with E-state index in [1.54, 1.807) is 4.90 Å². The number of benzene rings is 3. The zero-order valence-corrected chi connectivity index (χ0v) is 34.9. The minimum atomic E-state index is -0.359. The van der Waals surface area contributed by atoms with Crippen LogP contribution in [-0.4, -0.2) is 51.1 Å². The van der Waals surface area contributed by atoms with Gasteiger partial charge in [-0.15, -0.1) is 0 Å². The number of nitrogens with zero attached hydrogens (tertiary/aromatic N) is 5. The first kappa shape index (κ1) is 41.2. The van der Waals surface area contributed by atoms with Crippen molar-refractivity contribution in [2.45, 2.75) is 71.0 Å². The fourth-order valence-electron chi connectivity index (χ4n) is 6.52. The quantitative estimate of drug-likeness (QED) is 0.0799. The third-order valence-electron chi connectivity index (χ3n) is 10.2. The van der Waals surface area contributed by atoms with Crippen molar-refractivity contribution in [3.8, 4) is 17.2 Å². The lowest BCUT2D eigenvalue weighted by atomic mass is 10.1. The van der Waals surface area contributed by atoms with E-state index in [9.17, 15) is 4.79 Å². The van der Waals surface area contributed by atoms with Gasteiger partial charge in [0.25, 0.3) is 0 Å². The van der Waals surface area contributed by atoms with E-state index in [2.05, 4.69) is 72.1 Å². The van der Waals surface area contributed by atoms with Gasteiger partial charge in [-0.25, -0.2) is 4.99 Å². The molecule has 1 unspecified atom stereocenters. The number of thioether (sulfide) groups is 1. The molecule has 0 N–H and O–H groups in total. The van der Waals surface area contributed by atoms with Gasteiger partial charge in [-0.2, -0.15) is 0 Å². The largest absolute Gasteiger partial charge is 0.493 e. The van der Waals surface area contributed by atoms with Crippen LogP contribution in [0.1, 0.15) is 60.1 Å². The molecule has 9 nitrogen and oxygen atoms in total. The molecular formula is C49H51N5O4S. The third-order valence-corrected chi connectivity index (χ3v) is 11.3. The molecule has 1 aliphatic rings. The predicted molar refractivity (Wildman–Crippen MR) is 237 cm³/mol. The van der Waals surface area contributed by atoms with Gasteiger partial charge in [0.05, 0.1) is 36.4 Å². The maximum Gasteiger partial charge on any atom is 0.247 e. The molecular weight excluding hydrogens is 755 g/mol. The number of ether oxygens (including phenoxy) is 3. The summed E-state index contributed by atoms with van der Waals surface area (Å²) in [6.07, 6.45) is 11.4. The number of carbonyl (C=O) groups is 1. The van der Waals surface area contributed by atoms with Crippen LogP contribution < -0.4 is 19.1 Å². The first-order valence-electron chi connectivity index (χ1n) is 20.5. The Kier molecular flexibility index (Phi) is 14.4. The van der Waals surface area contributed by atoms with E-state index < -0.39 is 0 Å². The molecule has 0 aliphatic carbocycles. The van der Waals surface area contributed by atoms with E-state index in [1.165, 1.54) is 28.5 Å². The van der Waals surface area contributed by atoms with Crippen LogP contribution in [0.5, 0.6) is 17.2 Å². The number of amides is 1. The van der Waals surface area contributed by atoms with Crippen LogP contribution in [0, 0.1) is 0 Å². The molecule has 0 saturated carbocycles. The summed E-state index contributed by atoms with van der Waals surface area (Å²) >= 11 is 1.48. The lowest BCUT2D eigenvalue weighted by Crippen LogP contribution is -2.32. The molecule has 3 aromatic heterocycles. The molecule has 10 heteroatoms. The molecule has 7 rings (SSSR count). The zero-order valence-electron chi connectivity index (χ0n) is 34.1. The summed E-state index contributed by atoms with van der Waals surface area (Å²) in [6, 6.07) is 35.8. The van der Waals surface area contributed by atoms with E-state index in [1.807, 2.05) is 91.4 Å². The summed E-state index contributed by atoms with van der Waals surface area (Å²) < 4.78 is 18.1. The number of hydrogen-bond acceptors (Lipinski definition) is 9. The number of aromatic nitrogens is 3. The van der Waals surface area contributed by atoms with Crippen LogP contribution in [-0.2, 0) is 49.7 Å². The summed E-state index contributed by atoms with van der Waals surface area (Å²) in [7, 11) is 0. The summed E-state index contributed by atoms with van der Waals surface area (Å²) in [5.41, 5.74) is 9.18. The van der Waals surface area contributed by atoms with Crippen molar-refractivity contribution in [1.82, 2.24) is 15.0 Å². The minimum Gasteiger partial charge on any atom is -0.493 e. The van der Waals surface area contributed by atoms with E-state index in [-0.39, 0.29) is 11.2 Å². The highest BCUT2D eigenvalue weighted by Gasteiger charge is 2.39. The Bertz CT molecular complexity index is 2260. The molecule has 0 radical (unpaired) electrons. The smallest absolute Gasteiger partial charge is 0.247 e. The summed E-state index contributed by atoms with van der Waals surface area (Å²) in [4.78, 5) is 34.5. The third kappa shape index (κ3) is 11.6. The molecule has 302 valence electrons. The lowest BCUT2D eigenvalue weighted by Gasteiger charge is -2.17. The fraction of sp³-hybridized carbons (Fsp3) is 0.286. The van der Waals surface area contributed by atoms with E-state index in [0.717, 1.165) is 83.4 Å². The normalized spacial score (nSPS) is 14.5. The van der Waals surface area contributed by atoms with Gasteiger partial charge < -0.3 is 14.2 Å². The van der Waals surface area contributed by atoms with E-state index >= 15 is 0 Å². The molecule has 6 aromatic rings. The van der Waals surface area contributed by atoms with Crippen molar-refractivity contribution in [2.24, 2.45) is 4.99 Å². The molecule has 1 aliphatic heterocycles. The van der Waals surface area contributed by atoms with Crippen LogP contribution in [0.3, 0.4) is 0 Å². The topological polar surface area (TPSA) is 99.0 Å². The second-order valence-electron chi connectivity index (χ2n) is 14.3. The molecule has 0 spiro atoms. The van der Waals surface area contributed by atoms with Crippen molar-refractivity contribution in [1.29, 1.82) is 0 Å². The monoisotopic (exact) mass is 805 g/mol. The first-order valence-corrected chi connectivity index (χ1v) is 21.4.